The molecule has 0 aliphatic carbocycles. The fourth-order valence-electron chi connectivity index (χ4n) is 1.53. The van der Waals surface area contributed by atoms with E-state index in [9.17, 15) is 0 Å². The van der Waals surface area contributed by atoms with Gasteiger partial charge in [0.1, 0.15) is 12.2 Å². The van der Waals surface area contributed by atoms with Crippen LogP contribution in [0.15, 0.2) is 17.2 Å². The largest absolute Gasteiger partial charge is 0.343 e. The van der Waals surface area contributed by atoms with Gasteiger partial charge in [-0.15, -0.1) is 0 Å². The van der Waals surface area contributed by atoms with Gasteiger partial charge in [-0.2, -0.15) is 10.1 Å². The first-order valence-electron chi connectivity index (χ1n) is 5.72. The summed E-state index contributed by atoms with van der Waals surface area (Å²) >= 11 is 0. The van der Waals surface area contributed by atoms with Crippen LogP contribution in [0.2, 0.25) is 0 Å². The van der Waals surface area contributed by atoms with Crippen molar-refractivity contribution in [1.82, 2.24) is 30.2 Å². The maximum atomic E-state index is 4.65. The second-order valence-electron chi connectivity index (χ2n) is 3.67. The van der Waals surface area contributed by atoms with Gasteiger partial charge < -0.3 is 9.84 Å². The molecule has 0 aliphatic heterocycles. The van der Waals surface area contributed by atoms with E-state index in [0.717, 1.165) is 31.8 Å². The number of rotatable bonds is 7. The fraction of sp³-hybridized carbons (Fsp3) is 0.600. The van der Waals surface area contributed by atoms with Crippen LogP contribution in [0.3, 0.4) is 0 Å². The van der Waals surface area contributed by atoms with Gasteiger partial charge in [0.05, 0.1) is 6.54 Å². The van der Waals surface area contributed by atoms with E-state index < -0.39 is 0 Å². The van der Waals surface area contributed by atoms with E-state index in [4.69, 9.17) is 0 Å². The Hall–Kier alpha value is -1.76. The zero-order valence-corrected chi connectivity index (χ0v) is 9.83. The van der Waals surface area contributed by atoms with Crippen LogP contribution in [0, 0.1) is 0 Å². The Balaban J connectivity index is 1.72. The fourth-order valence-corrected chi connectivity index (χ4v) is 1.53. The maximum absolute atomic E-state index is 4.65. The van der Waals surface area contributed by atoms with Crippen LogP contribution in [0.5, 0.6) is 0 Å². The van der Waals surface area contributed by atoms with Crippen molar-refractivity contribution < 1.29 is 4.52 Å². The van der Waals surface area contributed by atoms with E-state index in [0.29, 0.717) is 12.4 Å². The third-order valence-corrected chi connectivity index (χ3v) is 2.35. The number of nitrogens with zero attached hydrogens (tertiary/aromatic N) is 5. The molecule has 17 heavy (non-hydrogen) atoms. The topological polar surface area (TPSA) is 81.7 Å². The molecule has 92 valence electrons. The van der Waals surface area contributed by atoms with Crippen LogP contribution in [0.4, 0.5) is 0 Å². The number of nitrogens with one attached hydrogen (secondary N) is 1. The van der Waals surface area contributed by atoms with Crippen LogP contribution in [0.1, 0.15) is 25.0 Å². The van der Waals surface area contributed by atoms with Crippen LogP contribution >= 0.6 is 0 Å². The first-order valence-corrected chi connectivity index (χ1v) is 5.72. The van der Waals surface area contributed by atoms with E-state index >= 15 is 0 Å². The second kappa shape index (κ2) is 6.09. The number of aromatic nitrogens is 5. The Kier molecular flexibility index (Phi) is 4.20. The molecule has 0 saturated carbocycles. The highest BCUT2D eigenvalue weighted by atomic mass is 16.5. The summed E-state index contributed by atoms with van der Waals surface area (Å²) in [7, 11) is 0. The Morgan fingerprint density at radius 1 is 1.41 bits per heavy atom. The highest BCUT2D eigenvalue weighted by molar-refractivity contribution is 4.85. The molecule has 2 heterocycles. The summed E-state index contributed by atoms with van der Waals surface area (Å²) in [5.41, 5.74) is 0. The van der Waals surface area contributed by atoms with Crippen molar-refractivity contribution in [3.8, 4) is 0 Å². The highest BCUT2D eigenvalue weighted by Crippen LogP contribution is 1.96. The van der Waals surface area contributed by atoms with Gasteiger partial charge in [0.2, 0.25) is 6.39 Å². The molecule has 0 amide bonds. The third kappa shape index (κ3) is 3.35. The summed E-state index contributed by atoms with van der Waals surface area (Å²) in [6.07, 6.45) is 4.73. The summed E-state index contributed by atoms with van der Waals surface area (Å²) in [5.74, 6) is 1.67. The maximum Gasteiger partial charge on any atom is 0.213 e. The molecule has 0 spiro atoms. The lowest BCUT2D eigenvalue weighted by molar-refractivity contribution is 0.409. The van der Waals surface area contributed by atoms with Crippen molar-refractivity contribution in [1.29, 1.82) is 0 Å². The van der Waals surface area contributed by atoms with Gasteiger partial charge in [-0.25, -0.2) is 9.67 Å². The van der Waals surface area contributed by atoms with Crippen LogP contribution in [0.25, 0.3) is 0 Å². The minimum absolute atomic E-state index is 0.706. The third-order valence-electron chi connectivity index (χ3n) is 2.35. The van der Waals surface area contributed by atoms with E-state index in [2.05, 4.69) is 37.0 Å². The van der Waals surface area contributed by atoms with Gasteiger partial charge in [0.25, 0.3) is 0 Å². The van der Waals surface area contributed by atoms with Crippen LogP contribution in [-0.2, 0) is 19.5 Å². The van der Waals surface area contributed by atoms with E-state index in [-0.39, 0.29) is 0 Å². The van der Waals surface area contributed by atoms with Crippen LogP contribution in [-0.4, -0.2) is 31.4 Å². The van der Waals surface area contributed by atoms with E-state index in [1.807, 2.05) is 4.68 Å². The molecular formula is C10H16N6O. The van der Waals surface area contributed by atoms with Crippen LogP contribution < -0.4 is 5.32 Å². The molecule has 0 bridgehead atoms. The molecule has 2 rings (SSSR count). The summed E-state index contributed by atoms with van der Waals surface area (Å²) in [4.78, 5) is 8.16. The average Bonchev–Trinajstić information content (AvgIpc) is 2.96. The van der Waals surface area contributed by atoms with Crippen molar-refractivity contribution in [3.05, 3.63) is 24.4 Å². The minimum Gasteiger partial charge on any atom is -0.343 e. The lowest BCUT2D eigenvalue weighted by Gasteiger charge is -2.05. The summed E-state index contributed by atoms with van der Waals surface area (Å²) < 4.78 is 6.57. The molecule has 2 aromatic rings. The normalized spacial score (nSPS) is 10.9. The Bertz CT molecular complexity index is 424. The van der Waals surface area contributed by atoms with Gasteiger partial charge in [-0.1, -0.05) is 12.1 Å². The first-order chi connectivity index (χ1) is 8.40. The highest BCUT2D eigenvalue weighted by Gasteiger charge is 2.03. The molecule has 0 saturated heterocycles. The van der Waals surface area contributed by atoms with E-state index in [1.54, 1.807) is 6.33 Å². The lowest BCUT2D eigenvalue weighted by Crippen LogP contribution is -2.20. The summed E-state index contributed by atoms with van der Waals surface area (Å²) in [6.45, 7) is 4.52. The van der Waals surface area contributed by atoms with Gasteiger partial charge in [0.15, 0.2) is 5.82 Å². The Morgan fingerprint density at radius 2 is 2.35 bits per heavy atom. The minimum atomic E-state index is 0.706. The quantitative estimate of drug-likeness (QED) is 0.701. The molecule has 7 nitrogen and oxygen atoms in total. The summed E-state index contributed by atoms with van der Waals surface area (Å²) in [5, 5.41) is 11.2. The predicted molar refractivity (Wildman–Crippen MR) is 60.0 cm³/mol. The number of aryl methyl sites for hydroxylation is 1. The smallest absolute Gasteiger partial charge is 0.213 e. The molecule has 0 radical (unpaired) electrons. The Labute approximate surface area is 99.2 Å². The molecule has 0 atom stereocenters. The Morgan fingerprint density at radius 3 is 3.12 bits per heavy atom. The molecule has 0 aromatic carbocycles. The zero-order chi connectivity index (χ0) is 11.9. The molecule has 2 aromatic heterocycles. The molecule has 7 heteroatoms. The molecule has 0 aliphatic rings. The average molecular weight is 236 g/mol. The second-order valence-corrected chi connectivity index (χ2v) is 3.67. The standard InChI is InChI=1S/C10H16N6O/c1-2-5-16-10(12-7-14-16)6-11-4-3-9-13-8-17-15-9/h7-8,11H,2-6H2,1H3. The number of hydrogen-bond acceptors (Lipinski definition) is 6. The SMILES string of the molecule is CCCn1ncnc1CNCCc1ncon1. The molecular weight excluding hydrogens is 220 g/mol. The van der Waals surface area contributed by atoms with Gasteiger partial charge in [-0.05, 0) is 6.42 Å². The lowest BCUT2D eigenvalue weighted by atomic mass is 10.4. The van der Waals surface area contributed by atoms with Gasteiger partial charge in [0, 0.05) is 19.5 Å². The van der Waals surface area contributed by atoms with Crippen molar-refractivity contribution in [2.45, 2.75) is 32.9 Å². The molecule has 1 N–H and O–H groups in total. The summed E-state index contributed by atoms with van der Waals surface area (Å²) in [6, 6.07) is 0. The predicted octanol–water partition coefficient (Wildman–Crippen LogP) is 0.403. The van der Waals surface area contributed by atoms with Crippen molar-refractivity contribution in [2.75, 3.05) is 6.54 Å². The zero-order valence-electron chi connectivity index (χ0n) is 9.83. The number of hydrogen-bond donors (Lipinski definition) is 1. The van der Waals surface area contributed by atoms with Crippen molar-refractivity contribution >= 4 is 0 Å². The first kappa shape index (κ1) is 11.7. The van der Waals surface area contributed by atoms with Crippen molar-refractivity contribution in [2.24, 2.45) is 0 Å². The van der Waals surface area contributed by atoms with Gasteiger partial charge >= 0.3 is 0 Å². The van der Waals surface area contributed by atoms with Crippen molar-refractivity contribution in [3.63, 3.8) is 0 Å². The monoisotopic (exact) mass is 236 g/mol. The van der Waals surface area contributed by atoms with E-state index in [1.165, 1.54) is 6.39 Å². The molecule has 0 fully saturated rings. The molecule has 0 unspecified atom stereocenters. The van der Waals surface area contributed by atoms with Gasteiger partial charge in [-0.3, -0.25) is 0 Å².